The van der Waals surface area contributed by atoms with Crippen molar-refractivity contribution in [2.24, 2.45) is 0 Å². The van der Waals surface area contributed by atoms with E-state index in [0.717, 1.165) is 30.9 Å². The van der Waals surface area contributed by atoms with Crippen LogP contribution in [0, 0.1) is 0 Å². The lowest BCUT2D eigenvalue weighted by molar-refractivity contribution is 1.52. The molecule has 0 rings (SSSR count). The van der Waals surface area contributed by atoms with E-state index in [0.29, 0.717) is 0 Å². The lowest BCUT2D eigenvalue weighted by Crippen LogP contribution is -1.69. The molecule has 0 aromatic heterocycles. The van der Waals surface area contributed by atoms with Gasteiger partial charge in [-0.15, -0.1) is 8.20 Å². The van der Waals surface area contributed by atoms with E-state index in [1.807, 2.05) is 0 Å². The number of hydrogen-bond acceptors (Lipinski definition) is 0. The summed E-state index contributed by atoms with van der Waals surface area (Å²) < 4.78 is 0. The lowest BCUT2D eigenvalue weighted by Gasteiger charge is -1.99. The van der Waals surface area contributed by atoms with E-state index in [2.05, 4.69) is 26.0 Å². The number of allylic oxidation sites excluding steroid dienone is 1. The average molecular weight is 224 g/mol. The molecule has 0 nitrogen and oxygen atoms in total. The Morgan fingerprint density at radius 2 is 2.36 bits per heavy atom. The summed E-state index contributed by atoms with van der Waals surface area (Å²) in [5.74, 6) is 2.33. The van der Waals surface area contributed by atoms with Crippen molar-refractivity contribution in [3.05, 3.63) is 11.9 Å². The van der Waals surface area contributed by atoms with Gasteiger partial charge in [0.15, 0.2) is 0 Å². The minimum atomic E-state index is 1.03. The molecule has 0 aliphatic heterocycles. The summed E-state index contributed by atoms with van der Waals surface area (Å²) in [6, 6.07) is 0. The maximum Gasteiger partial charge on any atom is -0.00547 e. The van der Waals surface area contributed by atoms with Gasteiger partial charge in [-0.1, -0.05) is 43.8 Å². The Hall–Kier alpha value is 1.20. The third kappa shape index (κ3) is 9.11. The second kappa shape index (κ2) is 9.29. The first-order chi connectivity index (χ1) is 5.31. The van der Waals surface area contributed by atoms with Crippen LogP contribution in [0.4, 0.5) is 0 Å². The highest BCUT2D eigenvalue weighted by molar-refractivity contribution is 8.44. The summed E-state index contributed by atoms with van der Waals surface area (Å²) >= 11 is 0. The second-order valence-corrected chi connectivity index (χ2v) is 10.3. The molecule has 0 amide bonds. The predicted octanol–water partition coefficient (Wildman–Crippen LogP) is 4.15. The van der Waals surface area contributed by atoms with Crippen molar-refractivity contribution in [2.75, 3.05) is 12.8 Å². The van der Waals surface area contributed by atoms with E-state index in [1.54, 1.807) is 0 Å². The Labute approximate surface area is 76.9 Å². The summed E-state index contributed by atoms with van der Waals surface area (Å²) in [5, 5.41) is 1.44. The van der Waals surface area contributed by atoms with Gasteiger partial charge in [0.25, 0.3) is 0 Å². The maximum atomic E-state index is 4.05. The molecule has 3 unspecified atom stereocenters. The molecule has 3 atom stereocenters. The summed E-state index contributed by atoms with van der Waals surface area (Å²) in [4.78, 5) is 0. The molecule has 0 aliphatic rings. The molecule has 0 bridgehead atoms. The van der Waals surface area contributed by atoms with E-state index in [4.69, 9.17) is 0 Å². The molecule has 0 saturated heterocycles. The van der Waals surface area contributed by atoms with Crippen LogP contribution < -0.4 is 0 Å². The van der Waals surface area contributed by atoms with Crippen molar-refractivity contribution < 1.29 is 0 Å². The van der Waals surface area contributed by atoms with Crippen LogP contribution in [0.3, 0.4) is 0 Å². The molecular weight excluding hydrogens is 208 g/mol. The first-order valence-electron chi connectivity index (χ1n) is 3.65. The normalized spacial score (nSPS) is 14.0. The molecule has 0 aliphatic carbocycles. The van der Waals surface area contributed by atoms with Gasteiger partial charge in [0.1, 0.15) is 0 Å². The average Bonchev–Trinajstić information content (AvgIpc) is 2.01. The van der Waals surface area contributed by atoms with Crippen LogP contribution in [0.15, 0.2) is 11.9 Å². The van der Waals surface area contributed by atoms with Gasteiger partial charge in [0, 0.05) is 0 Å². The van der Waals surface area contributed by atoms with Crippen molar-refractivity contribution >= 4 is 38.5 Å². The zero-order valence-electron chi connectivity index (χ0n) is 7.15. The highest BCUT2D eigenvalue weighted by Crippen LogP contribution is 2.55. The largest absolute Gasteiger partial charge is 0.109 e. The molecule has 0 heterocycles. The minimum absolute atomic E-state index is 1.03. The van der Waals surface area contributed by atoms with Gasteiger partial charge in [-0.25, -0.2) is 0 Å². The van der Waals surface area contributed by atoms with Gasteiger partial charge in [0.05, 0.1) is 0 Å². The quantitative estimate of drug-likeness (QED) is 0.594. The number of rotatable bonds is 6. The van der Waals surface area contributed by atoms with Crippen molar-refractivity contribution in [2.45, 2.75) is 13.3 Å². The number of hydrogen-bond donors (Lipinski definition) is 0. The molecule has 0 spiro atoms. The molecule has 0 N–H and O–H groups in total. The van der Waals surface area contributed by atoms with Crippen LogP contribution in [0.25, 0.3) is 0 Å². The van der Waals surface area contributed by atoms with Crippen LogP contribution >= 0.6 is 32.7 Å². The van der Waals surface area contributed by atoms with Crippen LogP contribution in [-0.2, 0) is 0 Å². The van der Waals surface area contributed by atoms with Crippen molar-refractivity contribution in [1.82, 2.24) is 0 Å². The van der Waals surface area contributed by atoms with Crippen LogP contribution in [0.5, 0.6) is 0 Å². The zero-order valence-corrected chi connectivity index (χ0v) is 11.0. The Balaban J connectivity index is 3.29. The molecule has 11 heavy (non-hydrogen) atoms. The molecule has 4 heteroatoms. The van der Waals surface area contributed by atoms with Gasteiger partial charge >= 0.3 is 0 Å². The molecule has 64 valence electrons. The first kappa shape index (κ1) is 12.2. The summed E-state index contributed by atoms with van der Waals surface area (Å²) in [6.45, 7) is 8.53. The van der Waals surface area contributed by atoms with E-state index in [1.165, 1.54) is 19.7 Å². The van der Waals surface area contributed by atoms with Crippen molar-refractivity contribution in [1.29, 1.82) is 0 Å². The minimum Gasteiger partial charge on any atom is -0.109 e. The topological polar surface area (TPSA) is 0 Å². The van der Waals surface area contributed by atoms with Gasteiger partial charge < -0.3 is 0 Å². The second-order valence-electron chi connectivity index (χ2n) is 1.99. The van der Waals surface area contributed by atoms with Crippen molar-refractivity contribution in [3.8, 4) is 0 Å². The zero-order chi connectivity index (χ0) is 8.53. The summed E-state index contributed by atoms with van der Waals surface area (Å²) in [7, 11) is 4.75. The van der Waals surface area contributed by atoms with Gasteiger partial charge in [-0.05, 0) is 24.6 Å². The van der Waals surface area contributed by atoms with Crippen LogP contribution in [-0.4, -0.2) is 18.6 Å². The van der Waals surface area contributed by atoms with Crippen molar-refractivity contribution in [3.63, 3.8) is 0 Å². The third-order valence-electron chi connectivity index (χ3n) is 1.01. The monoisotopic (exact) mass is 224 g/mol. The summed E-state index contributed by atoms with van der Waals surface area (Å²) in [6.07, 6.45) is 2.39. The van der Waals surface area contributed by atoms with Gasteiger partial charge in [-0.2, -0.15) is 0 Å². The Morgan fingerprint density at radius 3 is 2.91 bits per heavy atom. The molecule has 0 aromatic carbocycles. The predicted molar refractivity (Wildman–Crippen MR) is 68.2 cm³/mol. The fourth-order valence-electron chi connectivity index (χ4n) is 0.506. The Morgan fingerprint density at radius 1 is 1.64 bits per heavy atom. The fourth-order valence-corrected chi connectivity index (χ4v) is 5.72. The summed E-state index contributed by atoms with van der Waals surface area (Å²) in [5.41, 5.74) is 0. The van der Waals surface area contributed by atoms with E-state index >= 15 is 0 Å². The molecule has 0 aromatic rings. The van der Waals surface area contributed by atoms with Gasteiger partial charge in [-0.3, -0.25) is 0 Å². The molecule has 0 radical (unpaired) electrons. The molecular formula is C7H16P4. The Kier molecular flexibility index (Phi) is 10.3. The highest BCUT2D eigenvalue weighted by atomic mass is 32.4. The Bertz CT molecular complexity index is 130. The van der Waals surface area contributed by atoms with Crippen LogP contribution in [0.2, 0.25) is 0 Å². The van der Waals surface area contributed by atoms with Crippen LogP contribution in [0.1, 0.15) is 13.3 Å². The van der Waals surface area contributed by atoms with E-state index < -0.39 is 0 Å². The first-order valence-corrected chi connectivity index (χ1v) is 10.3. The standard InChI is InChI=1S/C7H16P4/c1-4-9-6-5-7(2)10-11-8-3/h6,8,10-11H,2,4-5H2,1,3H3. The lowest BCUT2D eigenvalue weighted by atomic mass is 10.5. The molecule has 0 saturated carbocycles. The van der Waals surface area contributed by atoms with E-state index in [9.17, 15) is 0 Å². The fraction of sp³-hybridized carbons (Fsp3) is 0.571. The third-order valence-corrected chi connectivity index (χ3v) is 8.31. The van der Waals surface area contributed by atoms with Gasteiger partial charge in [0.2, 0.25) is 0 Å². The molecule has 0 fully saturated rings. The maximum absolute atomic E-state index is 4.05. The SMILES string of the molecule is C=C(CC=PCC)PPPC. The smallest absolute Gasteiger partial charge is 0.00547 e. The van der Waals surface area contributed by atoms with E-state index in [-0.39, 0.29) is 0 Å². The highest BCUT2D eigenvalue weighted by Gasteiger charge is 1.88.